The van der Waals surface area contributed by atoms with Gasteiger partial charge in [-0.05, 0) is 44.4 Å². The molecular weight excluding hydrogens is 428 g/mol. The van der Waals surface area contributed by atoms with E-state index in [1.54, 1.807) is 0 Å². The molecule has 0 radical (unpaired) electrons. The summed E-state index contributed by atoms with van der Waals surface area (Å²) in [5, 5.41) is 0. The van der Waals surface area contributed by atoms with E-state index in [9.17, 15) is 13.6 Å². The van der Waals surface area contributed by atoms with Gasteiger partial charge in [0.1, 0.15) is 23.1 Å². The summed E-state index contributed by atoms with van der Waals surface area (Å²) in [6.45, 7) is 7.03. The number of carbonyl (C=O) groups is 1. The van der Waals surface area contributed by atoms with Gasteiger partial charge in [-0.15, -0.1) is 0 Å². The third-order valence-corrected chi connectivity index (χ3v) is 7.23. The molecule has 9 heteroatoms. The van der Waals surface area contributed by atoms with Gasteiger partial charge < -0.3 is 14.5 Å². The number of anilines is 1. The highest BCUT2D eigenvalue weighted by Gasteiger charge is 2.51. The molecule has 5 rings (SSSR count). The number of hydrogen-bond acceptors (Lipinski definition) is 6. The molecule has 2 aromatic rings. The third kappa shape index (κ3) is 4.26. The maximum absolute atomic E-state index is 14.4. The van der Waals surface area contributed by atoms with Crippen molar-refractivity contribution in [3.63, 3.8) is 0 Å². The summed E-state index contributed by atoms with van der Waals surface area (Å²) in [6.07, 6.45) is 5.85. The van der Waals surface area contributed by atoms with E-state index in [0.717, 1.165) is 58.5 Å². The maximum atomic E-state index is 14.4. The largest absolute Gasteiger partial charge is 0.450 e. The van der Waals surface area contributed by atoms with Crippen LogP contribution >= 0.6 is 0 Å². The Kier molecular flexibility index (Phi) is 5.90. The van der Waals surface area contributed by atoms with E-state index in [1.165, 1.54) is 30.6 Å². The van der Waals surface area contributed by atoms with Crippen LogP contribution in [-0.2, 0) is 4.74 Å². The van der Waals surface area contributed by atoms with Crippen molar-refractivity contribution >= 4 is 11.9 Å². The Labute approximate surface area is 192 Å². The third-order valence-electron chi connectivity index (χ3n) is 7.23. The highest BCUT2D eigenvalue weighted by atomic mass is 19.1. The second-order valence-corrected chi connectivity index (χ2v) is 9.33. The Morgan fingerprint density at radius 3 is 2.73 bits per heavy atom. The number of hydrogen-bond donors (Lipinski definition) is 0. The molecule has 7 nitrogen and oxygen atoms in total. The molecule has 1 aliphatic carbocycles. The Morgan fingerprint density at radius 2 is 2.00 bits per heavy atom. The van der Waals surface area contributed by atoms with Gasteiger partial charge in [-0.1, -0.05) is 0 Å². The zero-order valence-corrected chi connectivity index (χ0v) is 18.8. The second-order valence-electron chi connectivity index (χ2n) is 9.33. The molecule has 0 unspecified atom stereocenters. The number of nitrogens with zero attached hydrogens (tertiary/aromatic N) is 5. The van der Waals surface area contributed by atoms with Crippen LogP contribution in [-0.4, -0.2) is 77.8 Å². The van der Waals surface area contributed by atoms with Gasteiger partial charge in [0.2, 0.25) is 0 Å². The average molecular weight is 458 g/mol. The SMILES string of the molecule is CCOC(=O)N1CC2(CC[C@@H](N3CCN(c4ncc(F)cc4-c4ncccc4F)CC3)C2)C1. The van der Waals surface area contributed by atoms with Crippen molar-refractivity contribution < 1.29 is 18.3 Å². The lowest BCUT2D eigenvalue weighted by molar-refractivity contribution is -0.00294. The summed E-state index contributed by atoms with van der Waals surface area (Å²) >= 11 is 0. The minimum absolute atomic E-state index is 0.121. The molecule has 176 valence electrons. The Balaban J connectivity index is 1.22. The molecule has 2 saturated heterocycles. The molecule has 3 fully saturated rings. The van der Waals surface area contributed by atoms with Crippen molar-refractivity contribution in [2.45, 2.75) is 32.2 Å². The molecule has 1 spiro atoms. The predicted molar refractivity (Wildman–Crippen MR) is 120 cm³/mol. The average Bonchev–Trinajstić information content (AvgIpc) is 3.25. The first-order chi connectivity index (χ1) is 16.0. The summed E-state index contributed by atoms with van der Waals surface area (Å²) in [4.78, 5) is 26.8. The molecule has 3 aliphatic rings. The molecular formula is C24H29F2N5O2. The van der Waals surface area contributed by atoms with Gasteiger partial charge in [0.25, 0.3) is 0 Å². The summed E-state index contributed by atoms with van der Waals surface area (Å²) < 4.78 is 33.5. The van der Waals surface area contributed by atoms with E-state index in [-0.39, 0.29) is 17.2 Å². The highest BCUT2D eigenvalue weighted by Crippen LogP contribution is 2.47. The van der Waals surface area contributed by atoms with E-state index < -0.39 is 11.6 Å². The van der Waals surface area contributed by atoms with E-state index in [4.69, 9.17) is 4.74 Å². The topological polar surface area (TPSA) is 61.8 Å². The smallest absolute Gasteiger partial charge is 0.409 e. The highest BCUT2D eigenvalue weighted by molar-refractivity contribution is 5.73. The number of carbonyl (C=O) groups excluding carboxylic acids is 1. The predicted octanol–water partition coefficient (Wildman–Crippen LogP) is 3.55. The number of ether oxygens (including phenoxy) is 1. The van der Waals surface area contributed by atoms with E-state index >= 15 is 0 Å². The summed E-state index contributed by atoms with van der Waals surface area (Å²) in [5.41, 5.74) is 0.738. The Morgan fingerprint density at radius 1 is 1.21 bits per heavy atom. The van der Waals surface area contributed by atoms with Crippen LogP contribution in [0.25, 0.3) is 11.3 Å². The molecule has 1 saturated carbocycles. The lowest BCUT2D eigenvalue weighted by atomic mass is 9.78. The van der Waals surface area contributed by atoms with Crippen molar-refractivity contribution in [3.8, 4) is 11.3 Å². The van der Waals surface area contributed by atoms with Crippen LogP contribution in [0.2, 0.25) is 0 Å². The zero-order valence-electron chi connectivity index (χ0n) is 18.8. The van der Waals surface area contributed by atoms with Gasteiger partial charge >= 0.3 is 6.09 Å². The minimum atomic E-state index is -0.508. The summed E-state index contributed by atoms with van der Waals surface area (Å²) in [7, 11) is 0. The fourth-order valence-electron chi connectivity index (χ4n) is 5.62. The minimum Gasteiger partial charge on any atom is -0.450 e. The van der Waals surface area contributed by atoms with E-state index in [1.807, 2.05) is 11.8 Å². The Hall–Kier alpha value is -2.81. The number of aromatic nitrogens is 2. The fourth-order valence-corrected chi connectivity index (χ4v) is 5.62. The first-order valence-corrected chi connectivity index (χ1v) is 11.7. The molecule has 2 aromatic heterocycles. The summed E-state index contributed by atoms with van der Waals surface area (Å²) in [6, 6.07) is 4.67. The molecule has 1 amide bonds. The van der Waals surface area contributed by atoms with Crippen molar-refractivity contribution in [1.29, 1.82) is 0 Å². The molecule has 0 aromatic carbocycles. The molecule has 2 aliphatic heterocycles. The normalized spacial score (nSPS) is 22.5. The van der Waals surface area contributed by atoms with Gasteiger partial charge in [0.15, 0.2) is 0 Å². The lowest BCUT2D eigenvalue weighted by Crippen LogP contribution is -2.58. The Bertz CT molecular complexity index is 1020. The number of pyridine rings is 2. The maximum Gasteiger partial charge on any atom is 0.409 e. The van der Waals surface area contributed by atoms with Gasteiger partial charge in [-0.2, -0.15) is 0 Å². The zero-order chi connectivity index (χ0) is 23.0. The summed E-state index contributed by atoms with van der Waals surface area (Å²) in [5.74, 6) is -0.426. The molecule has 1 atom stereocenters. The van der Waals surface area contributed by atoms with Crippen LogP contribution in [0.3, 0.4) is 0 Å². The first kappa shape index (κ1) is 22.0. The van der Waals surface area contributed by atoms with Crippen LogP contribution in [0.15, 0.2) is 30.6 Å². The number of halogens is 2. The van der Waals surface area contributed by atoms with Gasteiger partial charge in [-0.3, -0.25) is 9.88 Å². The standard InChI is InChI=1S/C24H29F2N5O2/c1-2-33-23(32)31-15-24(16-31)6-5-18(13-24)29-8-10-30(11-9-29)22-19(12-17(25)14-28-22)21-20(26)4-3-7-27-21/h3-4,7,12,14,18H,2,5-6,8-11,13,15-16H2,1H3/t18-/m1/s1. The van der Waals surface area contributed by atoms with Crippen LogP contribution in [0, 0.1) is 17.0 Å². The monoisotopic (exact) mass is 457 g/mol. The van der Waals surface area contributed by atoms with Crippen LogP contribution in [0.1, 0.15) is 26.2 Å². The van der Waals surface area contributed by atoms with E-state index in [2.05, 4.69) is 19.8 Å². The number of piperazine rings is 1. The van der Waals surface area contributed by atoms with Crippen LogP contribution in [0.5, 0.6) is 0 Å². The van der Waals surface area contributed by atoms with Crippen LogP contribution in [0.4, 0.5) is 19.4 Å². The van der Waals surface area contributed by atoms with Gasteiger partial charge in [0.05, 0.1) is 12.8 Å². The molecule has 0 bridgehead atoms. The van der Waals surface area contributed by atoms with Crippen molar-refractivity contribution in [3.05, 3.63) is 42.2 Å². The quantitative estimate of drug-likeness (QED) is 0.700. The van der Waals surface area contributed by atoms with Gasteiger partial charge in [-0.25, -0.2) is 18.6 Å². The first-order valence-electron chi connectivity index (χ1n) is 11.7. The van der Waals surface area contributed by atoms with Crippen LogP contribution < -0.4 is 4.90 Å². The lowest BCUT2D eigenvalue weighted by Gasteiger charge is -2.48. The van der Waals surface area contributed by atoms with E-state index in [0.29, 0.717) is 24.0 Å². The number of amides is 1. The van der Waals surface area contributed by atoms with Crippen molar-refractivity contribution in [1.82, 2.24) is 19.8 Å². The number of likely N-dealkylation sites (tertiary alicyclic amines) is 1. The molecule has 4 heterocycles. The molecule has 0 N–H and O–H groups in total. The van der Waals surface area contributed by atoms with Gasteiger partial charge in [0, 0.05) is 62.5 Å². The van der Waals surface area contributed by atoms with Crippen molar-refractivity contribution in [2.75, 3.05) is 50.8 Å². The van der Waals surface area contributed by atoms with Crippen molar-refractivity contribution in [2.24, 2.45) is 5.41 Å². The fraction of sp³-hybridized carbons (Fsp3) is 0.542. The number of rotatable bonds is 4. The molecule has 33 heavy (non-hydrogen) atoms. The second kappa shape index (κ2) is 8.85.